The maximum absolute atomic E-state index is 12.4. The second-order valence-electron chi connectivity index (χ2n) is 5.40. The number of carbonyl (C=O) groups excluding carboxylic acids is 2. The number of hydrogen-bond donors (Lipinski definition) is 1. The summed E-state index contributed by atoms with van der Waals surface area (Å²) < 4.78 is 10.3. The summed E-state index contributed by atoms with van der Waals surface area (Å²) in [5.74, 6) is 0.361. The zero-order valence-corrected chi connectivity index (χ0v) is 12.7. The molecule has 0 spiro atoms. The molecule has 114 valence electrons. The minimum atomic E-state index is -1.01. The molecule has 3 amide bonds. The van der Waals surface area contributed by atoms with Gasteiger partial charge in [0.2, 0.25) is 0 Å². The molecule has 1 fully saturated rings. The minimum absolute atomic E-state index is 0.138. The van der Waals surface area contributed by atoms with E-state index >= 15 is 0 Å². The minimum Gasteiger partial charge on any atom is -0.496 e. The van der Waals surface area contributed by atoms with E-state index in [0.717, 1.165) is 11.1 Å². The summed E-state index contributed by atoms with van der Waals surface area (Å²) in [5, 5.41) is 2.68. The summed E-state index contributed by atoms with van der Waals surface area (Å²) in [4.78, 5) is 25.7. The second-order valence-corrected chi connectivity index (χ2v) is 5.40. The first-order valence-electron chi connectivity index (χ1n) is 6.68. The third-order valence-electron chi connectivity index (χ3n) is 3.54. The maximum atomic E-state index is 12.4. The van der Waals surface area contributed by atoms with Gasteiger partial charge in [-0.3, -0.25) is 9.69 Å². The molecule has 21 heavy (non-hydrogen) atoms. The number of benzene rings is 1. The number of aryl methyl sites for hydroxylation is 1. The smallest absolute Gasteiger partial charge is 0.325 e. The standard InChI is InChI=1S/C15H20N2O4/c1-10-5-6-12(21-4)11(7-10)8-17-13(18)15(2,9-20-3)16-14(17)19/h5-7H,8-9H2,1-4H3,(H,16,19). The lowest BCUT2D eigenvalue weighted by Gasteiger charge is -2.20. The first-order chi connectivity index (χ1) is 9.91. The average molecular weight is 292 g/mol. The Morgan fingerprint density at radius 3 is 2.62 bits per heavy atom. The van der Waals surface area contributed by atoms with Crippen molar-refractivity contribution in [2.75, 3.05) is 20.8 Å². The van der Waals surface area contributed by atoms with Gasteiger partial charge >= 0.3 is 6.03 Å². The first kappa shape index (κ1) is 15.3. The Labute approximate surface area is 124 Å². The highest BCUT2D eigenvalue weighted by Gasteiger charge is 2.47. The Hall–Kier alpha value is -2.08. The largest absolute Gasteiger partial charge is 0.496 e. The van der Waals surface area contributed by atoms with Crippen LogP contribution in [-0.4, -0.2) is 43.2 Å². The lowest BCUT2D eigenvalue weighted by atomic mass is 10.0. The van der Waals surface area contributed by atoms with Crippen LogP contribution in [0.3, 0.4) is 0 Å². The van der Waals surface area contributed by atoms with Crippen LogP contribution < -0.4 is 10.1 Å². The number of rotatable bonds is 5. The molecule has 0 radical (unpaired) electrons. The van der Waals surface area contributed by atoms with Crippen molar-refractivity contribution in [3.05, 3.63) is 29.3 Å². The molecule has 2 rings (SSSR count). The van der Waals surface area contributed by atoms with E-state index in [0.29, 0.717) is 5.75 Å². The van der Waals surface area contributed by atoms with E-state index in [4.69, 9.17) is 9.47 Å². The molecule has 1 unspecified atom stereocenters. The van der Waals surface area contributed by atoms with Crippen molar-refractivity contribution in [3.8, 4) is 5.75 Å². The Balaban J connectivity index is 2.26. The molecule has 1 atom stereocenters. The second kappa shape index (κ2) is 5.73. The zero-order chi connectivity index (χ0) is 15.6. The number of imide groups is 1. The van der Waals surface area contributed by atoms with E-state index in [1.807, 2.05) is 25.1 Å². The topological polar surface area (TPSA) is 67.9 Å². The Kier molecular flexibility index (Phi) is 4.18. The molecular weight excluding hydrogens is 272 g/mol. The number of nitrogens with zero attached hydrogens (tertiary/aromatic N) is 1. The van der Waals surface area contributed by atoms with E-state index in [-0.39, 0.29) is 19.1 Å². The third-order valence-corrected chi connectivity index (χ3v) is 3.54. The monoisotopic (exact) mass is 292 g/mol. The lowest BCUT2D eigenvalue weighted by Crippen LogP contribution is -2.47. The Bertz CT molecular complexity index is 573. The normalized spacial score (nSPS) is 21.6. The van der Waals surface area contributed by atoms with Crippen LogP contribution in [0.5, 0.6) is 5.75 Å². The molecule has 1 heterocycles. The van der Waals surface area contributed by atoms with E-state index in [2.05, 4.69) is 5.32 Å². The van der Waals surface area contributed by atoms with Crippen LogP contribution in [0.4, 0.5) is 4.79 Å². The Morgan fingerprint density at radius 1 is 1.29 bits per heavy atom. The highest BCUT2D eigenvalue weighted by Crippen LogP contribution is 2.25. The average Bonchev–Trinajstić information content (AvgIpc) is 2.63. The molecule has 6 heteroatoms. The highest BCUT2D eigenvalue weighted by molar-refractivity contribution is 6.06. The molecule has 0 bridgehead atoms. The molecule has 1 saturated heterocycles. The highest BCUT2D eigenvalue weighted by atomic mass is 16.5. The van der Waals surface area contributed by atoms with Crippen molar-refractivity contribution in [2.24, 2.45) is 0 Å². The van der Waals surface area contributed by atoms with Crippen LogP contribution >= 0.6 is 0 Å². The fraction of sp³-hybridized carbons (Fsp3) is 0.467. The summed E-state index contributed by atoms with van der Waals surface area (Å²) >= 11 is 0. The Morgan fingerprint density at radius 2 is 2.00 bits per heavy atom. The van der Waals surface area contributed by atoms with E-state index in [1.165, 1.54) is 12.0 Å². The third kappa shape index (κ3) is 2.85. The van der Waals surface area contributed by atoms with Crippen LogP contribution in [-0.2, 0) is 16.1 Å². The van der Waals surface area contributed by atoms with Gasteiger partial charge in [0.25, 0.3) is 5.91 Å². The van der Waals surface area contributed by atoms with Gasteiger partial charge in [-0.25, -0.2) is 4.79 Å². The molecule has 1 aromatic carbocycles. The number of hydrogen-bond acceptors (Lipinski definition) is 4. The van der Waals surface area contributed by atoms with Gasteiger partial charge < -0.3 is 14.8 Å². The summed E-state index contributed by atoms with van der Waals surface area (Å²) in [6.45, 7) is 3.92. The maximum Gasteiger partial charge on any atom is 0.325 e. The molecule has 1 aliphatic heterocycles. The molecule has 0 aromatic heterocycles. The van der Waals surface area contributed by atoms with Gasteiger partial charge in [0.1, 0.15) is 11.3 Å². The van der Waals surface area contributed by atoms with Crippen molar-refractivity contribution >= 4 is 11.9 Å². The van der Waals surface area contributed by atoms with E-state index < -0.39 is 11.6 Å². The van der Waals surface area contributed by atoms with Crippen LogP contribution in [0.1, 0.15) is 18.1 Å². The van der Waals surface area contributed by atoms with Crippen LogP contribution in [0, 0.1) is 6.92 Å². The van der Waals surface area contributed by atoms with Crippen molar-refractivity contribution in [3.63, 3.8) is 0 Å². The number of methoxy groups -OCH3 is 2. The van der Waals surface area contributed by atoms with Crippen LogP contribution in [0.15, 0.2) is 18.2 Å². The molecule has 6 nitrogen and oxygen atoms in total. The fourth-order valence-corrected chi connectivity index (χ4v) is 2.48. The molecule has 1 aliphatic rings. The molecule has 0 saturated carbocycles. The van der Waals surface area contributed by atoms with Crippen molar-refractivity contribution in [1.82, 2.24) is 10.2 Å². The van der Waals surface area contributed by atoms with E-state index in [9.17, 15) is 9.59 Å². The first-order valence-corrected chi connectivity index (χ1v) is 6.68. The lowest BCUT2D eigenvalue weighted by molar-refractivity contribution is -0.132. The number of ether oxygens (including phenoxy) is 2. The van der Waals surface area contributed by atoms with E-state index in [1.54, 1.807) is 14.0 Å². The molecule has 0 aliphatic carbocycles. The number of nitrogens with one attached hydrogen (secondary N) is 1. The molecule has 1 N–H and O–H groups in total. The van der Waals surface area contributed by atoms with Gasteiger partial charge in [-0.1, -0.05) is 17.7 Å². The van der Waals surface area contributed by atoms with Crippen LogP contribution in [0.25, 0.3) is 0 Å². The van der Waals surface area contributed by atoms with Gasteiger partial charge in [-0.2, -0.15) is 0 Å². The van der Waals surface area contributed by atoms with Gasteiger partial charge in [0, 0.05) is 12.7 Å². The summed E-state index contributed by atoms with van der Waals surface area (Å²) in [7, 11) is 3.06. The predicted octanol–water partition coefficient (Wildman–Crippen LogP) is 1.46. The summed E-state index contributed by atoms with van der Waals surface area (Å²) in [5.41, 5.74) is 0.822. The van der Waals surface area contributed by atoms with Crippen molar-refractivity contribution in [1.29, 1.82) is 0 Å². The number of amides is 3. The summed E-state index contributed by atoms with van der Waals surface area (Å²) in [6, 6.07) is 5.25. The van der Waals surface area contributed by atoms with Gasteiger partial charge in [0.15, 0.2) is 0 Å². The quantitative estimate of drug-likeness (QED) is 0.834. The van der Waals surface area contributed by atoms with Gasteiger partial charge in [0.05, 0.1) is 20.3 Å². The van der Waals surface area contributed by atoms with Gasteiger partial charge in [-0.15, -0.1) is 0 Å². The molecule has 1 aromatic rings. The summed E-state index contributed by atoms with van der Waals surface area (Å²) in [6.07, 6.45) is 0. The van der Waals surface area contributed by atoms with Crippen molar-refractivity contribution in [2.45, 2.75) is 25.9 Å². The number of urea groups is 1. The van der Waals surface area contributed by atoms with Gasteiger partial charge in [-0.05, 0) is 19.9 Å². The SMILES string of the molecule is COCC1(C)NC(=O)N(Cc2cc(C)ccc2OC)C1=O. The zero-order valence-electron chi connectivity index (χ0n) is 12.7. The predicted molar refractivity (Wildman–Crippen MR) is 77.1 cm³/mol. The van der Waals surface area contributed by atoms with Crippen molar-refractivity contribution < 1.29 is 19.1 Å². The molecular formula is C15H20N2O4. The number of carbonyl (C=O) groups is 2. The van der Waals surface area contributed by atoms with Crippen LogP contribution in [0.2, 0.25) is 0 Å². The fourth-order valence-electron chi connectivity index (χ4n) is 2.48.